The van der Waals surface area contributed by atoms with E-state index in [1.807, 2.05) is 6.92 Å². The number of hydrogen-bond donors (Lipinski definition) is 1. The summed E-state index contributed by atoms with van der Waals surface area (Å²) in [5, 5.41) is 0. The second kappa shape index (κ2) is 6.58. The van der Waals surface area contributed by atoms with Gasteiger partial charge in [-0.25, -0.2) is 4.79 Å². The molecule has 0 heterocycles. The Bertz CT molecular complexity index is 402. The summed E-state index contributed by atoms with van der Waals surface area (Å²) in [6.45, 7) is 6.27. The van der Waals surface area contributed by atoms with Gasteiger partial charge in [0.15, 0.2) is 0 Å². The van der Waals surface area contributed by atoms with Gasteiger partial charge < -0.3 is 15.2 Å². The lowest BCUT2D eigenvalue weighted by Gasteiger charge is -2.08. The van der Waals surface area contributed by atoms with Gasteiger partial charge in [0.1, 0.15) is 12.4 Å². The standard InChI is InChI=1S/C13H17NO3/c1-3-7-16-12-6-5-10(9-11(12)14)13(15)17-8-4-2/h3,5-6,9H,1,4,7-8,14H2,2H3. The molecule has 0 unspecified atom stereocenters. The maximum Gasteiger partial charge on any atom is 0.338 e. The first-order valence-corrected chi connectivity index (χ1v) is 5.49. The predicted molar refractivity (Wildman–Crippen MR) is 67.1 cm³/mol. The average Bonchev–Trinajstić information content (AvgIpc) is 2.34. The van der Waals surface area contributed by atoms with E-state index < -0.39 is 0 Å². The van der Waals surface area contributed by atoms with E-state index in [1.165, 1.54) is 0 Å². The summed E-state index contributed by atoms with van der Waals surface area (Å²) < 4.78 is 10.3. The number of hydrogen-bond acceptors (Lipinski definition) is 4. The zero-order valence-electron chi connectivity index (χ0n) is 9.94. The molecule has 17 heavy (non-hydrogen) atoms. The molecule has 0 spiro atoms. The van der Waals surface area contributed by atoms with Crippen LogP contribution in [0.1, 0.15) is 23.7 Å². The summed E-state index contributed by atoms with van der Waals surface area (Å²) in [6, 6.07) is 4.84. The third-order valence-corrected chi connectivity index (χ3v) is 2.04. The minimum absolute atomic E-state index is 0.367. The van der Waals surface area contributed by atoms with Gasteiger partial charge in [-0.05, 0) is 24.6 Å². The lowest BCUT2D eigenvalue weighted by molar-refractivity contribution is 0.0505. The van der Waals surface area contributed by atoms with E-state index in [4.69, 9.17) is 15.2 Å². The number of rotatable bonds is 6. The third kappa shape index (κ3) is 3.83. The number of nitrogen functional groups attached to an aromatic ring is 1. The lowest BCUT2D eigenvalue weighted by atomic mass is 10.2. The first-order valence-electron chi connectivity index (χ1n) is 5.49. The molecule has 1 aromatic rings. The van der Waals surface area contributed by atoms with E-state index in [-0.39, 0.29) is 5.97 Å². The molecule has 1 rings (SSSR count). The smallest absolute Gasteiger partial charge is 0.338 e. The average molecular weight is 235 g/mol. The van der Waals surface area contributed by atoms with E-state index in [2.05, 4.69) is 6.58 Å². The van der Waals surface area contributed by atoms with Crippen molar-refractivity contribution in [3.05, 3.63) is 36.4 Å². The Morgan fingerprint density at radius 2 is 2.29 bits per heavy atom. The van der Waals surface area contributed by atoms with Crippen LogP contribution in [0.3, 0.4) is 0 Å². The Morgan fingerprint density at radius 1 is 1.53 bits per heavy atom. The summed E-state index contributed by atoms with van der Waals surface area (Å²) in [4.78, 5) is 11.5. The van der Waals surface area contributed by atoms with Crippen molar-refractivity contribution in [2.75, 3.05) is 18.9 Å². The van der Waals surface area contributed by atoms with E-state index in [0.29, 0.717) is 30.2 Å². The van der Waals surface area contributed by atoms with Crippen LogP contribution >= 0.6 is 0 Å². The quantitative estimate of drug-likeness (QED) is 0.467. The second-order valence-corrected chi connectivity index (χ2v) is 3.49. The molecule has 0 amide bonds. The largest absolute Gasteiger partial charge is 0.487 e. The highest BCUT2D eigenvalue weighted by atomic mass is 16.5. The van der Waals surface area contributed by atoms with Crippen molar-refractivity contribution in [1.29, 1.82) is 0 Å². The number of benzene rings is 1. The molecule has 0 aliphatic rings. The van der Waals surface area contributed by atoms with Crippen LogP contribution in [0.15, 0.2) is 30.9 Å². The fourth-order valence-electron chi connectivity index (χ4n) is 1.23. The first kappa shape index (κ1) is 13.1. The van der Waals surface area contributed by atoms with E-state index >= 15 is 0 Å². The fourth-order valence-corrected chi connectivity index (χ4v) is 1.23. The molecule has 4 heteroatoms. The van der Waals surface area contributed by atoms with Crippen LogP contribution in [0, 0.1) is 0 Å². The van der Waals surface area contributed by atoms with Crippen LogP contribution in [0.5, 0.6) is 5.75 Å². The Kier molecular flexibility index (Phi) is 5.07. The van der Waals surface area contributed by atoms with Gasteiger partial charge in [-0.1, -0.05) is 19.6 Å². The molecule has 0 saturated heterocycles. The Morgan fingerprint density at radius 3 is 2.88 bits per heavy atom. The monoisotopic (exact) mass is 235 g/mol. The van der Waals surface area contributed by atoms with Crippen molar-refractivity contribution in [3.63, 3.8) is 0 Å². The Labute approximate surface area is 101 Å². The van der Waals surface area contributed by atoms with Crippen LogP contribution in [-0.4, -0.2) is 19.2 Å². The molecule has 2 N–H and O–H groups in total. The van der Waals surface area contributed by atoms with Gasteiger partial charge in [0.2, 0.25) is 0 Å². The van der Waals surface area contributed by atoms with Crippen LogP contribution < -0.4 is 10.5 Å². The SMILES string of the molecule is C=CCOc1ccc(C(=O)OCCC)cc1N. The predicted octanol–water partition coefficient (Wildman–Crippen LogP) is 2.40. The lowest BCUT2D eigenvalue weighted by Crippen LogP contribution is -2.07. The molecular formula is C13H17NO3. The maximum atomic E-state index is 11.5. The Hall–Kier alpha value is -1.97. The molecular weight excluding hydrogens is 218 g/mol. The highest BCUT2D eigenvalue weighted by molar-refractivity contribution is 5.91. The van der Waals surface area contributed by atoms with Crippen molar-refractivity contribution in [2.24, 2.45) is 0 Å². The van der Waals surface area contributed by atoms with E-state index in [9.17, 15) is 4.79 Å². The molecule has 0 fully saturated rings. The number of esters is 1. The van der Waals surface area contributed by atoms with Crippen molar-refractivity contribution in [1.82, 2.24) is 0 Å². The van der Waals surface area contributed by atoms with Crippen LogP contribution in [-0.2, 0) is 4.74 Å². The minimum Gasteiger partial charge on any atom is -0.487 e. The van der Waals surface area contributed by atoms with Crippen LogP contribution in [0.25, 0.3) is 0 Å². The van der Waals surface area contributed by atoms with E-state index in [1.54, 1.807) is 24.3 Å². The number of anilines is 1. The van der Waals surface area contributed by atoms with Gasteiger partial charge in [0.25, 0.3) is 0 Å². The van der Waals surface area contributed by atoms with Crippen LogP contribution in [0.4, 0.5) is 5.69 Å². The third-order valence-electron chi connectivity index (χ3n) is 2.04. The number of carbonyl (C=O) groups excluding carboxylic acids is 1. The zero-order chi connectivity index (χ0) is 12.7. The summed E-state index contributed by atoms with van der Waals surface area (Å²) in [5.41, 5.74) is 6.61. The summed E-state index contributed by atoms with van der Waals surface area (Å²) in [7, 11) is 0. The number of nitrogens with two attached hydrogens (primary N) is 1. The molecule has 92 valence electrons. The molecule has 0 saturated carbocycles. The minimum atomic E-state index is -0.367. The van der Waals surface area contributed by atoms with Crippen molar-refractivity contribution in [2.45, 2.75) is 13.3 Å². The van der Waals surface area contributed by atoms with Crippen molar-refractivity contribution < 1.29 is 14.3 Å². The summed E-state index contributed by atoms with van der Waals surface area (Å²) >= 11 is 0. The highest BCUT2D eigenvalue weighted by Gasteiger charge is 2.09. The van der Waals surface area contributed by atoms with Gasteiger partial charge in [-0.3, -0.25) is 0 Å². The van der Waals surface area contributed by atoms with Crippen LogP contribution in [0.2, 0.25) is 0 Å². The molecule has 4 nitrogen and oxygen atoms in total. The Balaban J connectivity index is 2.73. The number of carbonyl (C=O) groups is 1. The van der Waals surface area contributed by atoms with Gasteiger partial charge in [-0.15, -0.1) is 0 Å². The highest BCUT2D eigenvalue weighted by Crippen LogP contribution is 2.22. The molecule has 1 aromatic carbocycles. The van der Waals surface area contributed by atoms with Gasteiger partial charge >= 0.3 is 5.97 Å². The molecule has 0 radical (unpaired) electrons. The first-order chi connectivity index (χ1) is 8.19. The summed E-state index contributed by atoms with van der Waals surface area (Å²) in [6.07, 6.45) is 2.42. The maximum absolute atomic E-state index is 11.5. The second-order valence-electron chi connectivity index (χ2n) is 3.49. The van der Waals surface area contributed by atoms with Gasteiger partial charge in [0.05, 0.1) is 17.9 Å². The van der Waals surface area contributed by atoms with Crippen molar-refractivity contribution in [3.8, 4) is 5.75 Å². The zero-order valence-corrected chi connectivity index (χ0v) is 9.94. The van der Waals surface area contributed by atoms with Gasteiger partial charge in [-0.2, -0.15) is 0 Å². The molecule has 0 atom stereocenters. The van der Waals surface area contributed by atoms with Gasteiger partial charge in [0, 0.05) is 0 Å². The topological polar surface area (TPSA) is 61.5 Å². The van der Waals surface area contributed by atoms with E-state index in [0.717, 1.165) is 6.42 Å². The van der Waals surface area contributed by atoms with Crippen molar-refractivity contribution >= 4 is 11.7 Å². The molecule has 0 bridgehead atoms. The number of ether oxygens (including phenoxy) is 2. The molecule has 0 aliphatic carbocycles. The normalized spacial score (nSPS) is 9.71. The fraction of sp³-hybridized carbons (Fsp3) is 0.308. The summed E-state index contributed by atoms with van der Waals surface area (Å²) in [5.74, 6) is 0.172. The molecule has 0 aliphatic heterocycles. The molecule has 0 aromatic heterocycles.